The van der Waals surface area contributed by atoms with Crippen LogP contribution in [0.2, 0.25) is 0 Å². The van der Waals surface area contributed by atoms with E-state index in [9.17, 15) is 4.79 Å². The number of carbonyl (C=O) groups is 1. The van der Waals surface area contributed by atoms with Gasteiger partial charge in [-0.3, -0.25) is 4.79 Å². The zero-order valence-electron chi connectivity index (χ0n) is 9.92. The van der Waals surface area contributed by atoms with Crippen molar-refractivity contribution >= 4 is 17.2 Å². The number of nitrogens with zero attached hydrogens (tertiary/aromatic N) is 2. The summed E-state index contributed by atoms with van der Waals surface area (Å²) in [5, 5.41) is 9.97. The third-order valence-electron chi connectivity index (χ3n) is 2.65. The zero-order valence-corrected chi connectivity index (χ0v) is 10.7. The summed E-state index contributed by atoms with van der Waals surface area (Å²) in [6.07, 6.45) is 1.14. The van der Waals surface area contributed by atoms with Gasteiger partial charge in [0.2, 0.25) is 0 Å². The fourth-order valence-electron chi connectivity index (χ4n) is 1.67. The van der Waals surface area contributed by atoms with E-state index in [0.29, 0.717) is 24.6 Å². The first kappa shape index (κ1) is 12.5. The fourth-order valence-corrected chi connectivity index (χ4v) is 2.56. The van der Waals surface area contributed by atoms with Gasteiger partial charge in [0.25, 0.3) is 5.91 Å². The van der Waals surface area contributed by atoms with Crippen LogP contribution in [0.3, 0.4) is 0 Å². The molecule has 1 atom stereocenters. The number of aliphatic hydroxyl groups excluding tert-OH is 1. The van der Waals surface area contributed by atoms with E-state index in [-0.39, 0.29) is 18.1 Å². The summed E-state index contributed by atoms with van der Waals surface area (Å²) < 4.78 is 5.42. The highest BCUT2D eigenvalue weighted by Crippen LogP contribution is 2.24. The molecule has 0 bridgehead atoms. The number of aromatic nitrogens is 1. The summed E-state index contributed by atoms with van der Waals surface area (Å²) in [6, 6.07) is 0. The molecule has 1 aliphatic heterocycles. The highest BCUT2D eigenvalue weighted by atomic mass is 32.1. The van der Waals surface area contributed by atoms with Crippen LogP contribution >= 0.6 is 11.3 Å². The number of amides is 1. The SMILES string of the molecule is CCOC(C)c1ncc(C(=O)N2CC(O)C2)s1. The third-order valence-corrected chi connectivity index (χ3v) is 3.79. The van der Waals surface area contributed by atoms with Crippen molar-refractivity contribution in [1.29, 1.82) is 0 Å². The molecule has 1 saturated heterocycles. The van der Waals surface area contributed by atoms with Gasteiger partial charge in [-0.15, -0.1) is 11.3 Å². The van der Waals surface area contributed by atoms with Crippen LogP contribution in [0.4, 0.5) is 0 Å². The number of ether oxygens (including phenoxy) is 1. The van der Waals surface area contributed by atoms with Crippen molar-refractivity contribution in [1.82, 2.24) is 9.88 Å². The number of aliphatic hydroxyl groups is 1. The van der Waals surface area contributed by atoms with Crippen molar-refractivity contribution in [3.8, 4) is 0 Å². The molecule has 1 N–H and O–H groups in total. The normalized spacial score (nSPS) is 17.9. The predicted octanol–water partition coefficient (Wildman–Crippen LogP) is 1.06. The molecule has 1 fully saturated rings. The van der Waals surface area contributed by atoms with E-state index in [2.05, 4.69) is 4.98 Å². The van der Waals surface area contributed by atoms with Gasteiger partial charge in [0.15, 0.2) is 0 Å². The summed E-state index contributed by atoms with van der Waals surface area (Å²) in [5.41, 5.74) is 0. The van der Waals surface area contributed by atoms with Crippen LogP contribution in [0, 0.1) is 0 Å². The lowest BCUT2D eigenvalue weighted by atomic mass is 10.1. The molecule has 0 aromatic carbocycles. The van der Waals surface area contributed by atoms with Gasteiger partial charge in [0, 0.05) is 19.7 Å². The van der Waals surface area contributed by atoms with Crippen LogP contribution in [-0.4, -0.2) is 46.7 Å². The Bertz CT molecular complexity index is 401. The minimum absolute atomic E-state index is 0.0530. The van der Waals surface area contributed by atoms with Gasteiger partial charge in [-0.05, 0) is 13.8 Å². The predicted molar refractivity (Wildman–Crippen MR) is 64.1 cm³/mol. The molecule has 0 saturated carbocycles. The van der Waals surface area contributed by atoms with Crippen LogP contribution in [0.5, 0.6) is 0 Å². The van der Waals surface area contributed by atoms with E-state index in [4.69, 9.17) is 9.84 Å². The molecule has 0 radical (unpaired) electrons. The minimum atomic E-state index is -0.367. The molecule has 2 rings (SSSR count). The molecule has 1 aliphatic rings. The standard InChI is InChI=1S/C11H16N2O3S/c1-3-16-7(2)10-12-4-9(17-10)11(15)13-5-8(14)6-13/h4,7-8,14H,3,5-6H2,1-2H3. The fraction of sp³-hybridized carbons (Fsp3) is 0.636. The summed E-state index contributed by atoms with van der Waals surface area (Å²) >= 11 is 1.36. The quantitative estimate of drug-likeness (QED) is 0.875. The van der Waals surface area contributed by atoms with Gasteiger partial charge in [-0.25, -0.2) is 4.98 Å². The number of rotatable bonds is 4. The number of likely N-dealkylation sites (tertiary alicyclic amines) is 1. The van der Waals surface area contributed by atoms with Gasteiger partial charge < -0.3 is 14.7 Å². The van der Waals surface area contributed by atoms with E-state index in [1.807, 2.05) is 13.8 Å². The topological polar surface area (TPSA) is 62.7 Å². The molecule has 1 unspecified atom stereocenters. The lowest BCUT2D eigenvalue weighted by Gasteiger charge is -2.35. The lowest BCUT2D eigenvalue weighted by molar-refractivity contribution is 0.00621. The Kier molecular flexibility index (Phi) is 3.76. The van der Waals surface area contributed by atoms with Crippen LogP contribution in [0.25, 0.3) is 0 Å². The largest absolute Gasteiger partial charge is 0.389 e. The van der Waals surface area contributed by atoms with Crippen LogP contribution in [0.15, 0.2) is 6.20 Å². The van der Waals surface area contributed by atoms with Gasteiger partial charge in [-0.2, -0.15) is 0 Å². The Morgan fingerprint density at radius 2 is 2.47 bits per heavy atom. The molecule has 0 aliphatic carbocycles. The molecule has 5 nitrogen and oxygen atoms in total. The molecule has 94 valence electrons. The first-order chi connectivity index (χ1) is 8.11. The van der Waals surface area contributed by atoms with Crippen molar-refractivity contribution in [3.63, 3.8) is 0 Å². The van der Waals surface area contributed by atoms with Gasteiger partial charge in [-0.1, -0.05) is 0 Å². The van der Waals surface area contributed by atoms with E-state index >= 15 is 0 Å². The summed E-state index contributed by atoms with van der Waals surface area (Å²) in [5.74, 6) is -0.0530. The molecule has 1 aromatic heterocycles. The monoisotopic (exact) mass is 256 g/mol. The molecular formula is C11H16N2O3S. The number of carbonyl (C=O) groups excluding carboxylic acids is 1. The average molecular weight is 256 g/mol. The molecular weight excluding hydrogens is 240 g/mol. The summed E-state index contributed by atoms with van der Waals surface area (Å²) in [6.45, 7) is 5.32. The Hall–Kier alpha value is -0.980. The Morgan fingerprint density at radius 3 is 3.06 bits per heavy atom. The Balaban J connectivity index is 2.00. The van der Waals surface area contributed by atoms with Crippen LogP contribution in [-0.2, 0) is 4.74 Å². The number of β-amino-alcohol motifs (C(OH)–C–C–N with tert-alkyl or cyclic N) is 1. The molecule has 2 heterocycles. The molecule has 17 heavy (non-hydrogen) atoms. The number of hydrogen-bond donors (Lipinski definition) is 1. The lowest BCUT2D eigenvalue weighted by Crippen LogP contribution is -2.53. The maximum absolute atomic E-state index is 11.9. The second kappa shape index (κ2) is 5.12. The van der Waals surface area contributed by atoms with Crippen molar-refractivity contribution in [2.45, 2.75) is 26.1 Å². The van der Waals surface area contributed by atoms with Crippen LogP contribution < -0.4 is 0 Å². The van der Waals surface area contributed by atoms with Crippen molar-refractivity contribution < 1.29 is 14.6 Å². The summed E-state index contributed by atoms with van der Waals surface area (Å²) in [7, 11) is 0. The summed E-state index contributed by atoms with van der Waals surface area (Å²) in [4.78, 5) is 18.3. The second-order valence-electron chi connectivity index (χ2n) is 4.02. The Morgan fingerprint density at radius 1 is 1.76 bits per heavy atom. The van der Waals surface area contributed by atoms with E-state index in [0.717, 1.165) is 5.01 Å². The molecule has 1 aromatic rings. The Labute approximate surface area is 104 Å². The van der Waals surface area contributed by atoms with E-state index in [1.165, 1.54) is 11.3 Å². The smallest absolute Gasteiger partial charge is 0.265 e. The number of thiazole rings is 1. The van der Waals surface area contributed by atoms with Gasteiger partial charge >= 0.3 is 0 Å². The van der Waals surface area contributed by atoms with Crippen molar-refractivity contribution in [2.75, 3.05) is 19.7 Å². The second-order valence-corrected chi connectivity index (χ2v) is 5.09. The maximum atomic E-state index is 11.9. The first-order valence-corrected chi connectivity index (χ1v) is 6.48. The third kappa shape index (κ3) is 2.65. The zero-order chi connectivity index (χ0) is 12.4. The van der Waals surface area contributed by atoms with Crippen molar-refractivity contribution in [3.05, 3.63) is 16.1 Å². The molecule has 0 spiro atoms. The van der Waals surface area contributed by atoms with Crippen LogP contribution in [0.1, 0.15) is 34.6 Å². The number of hydrogen-bond acceptors (Lipinski definition) is 5. The van der Waals surface area contributed by atoms with Gasteiger partial charge in [0.05, 0.1) is 12.3 Å². The first-order valence-electron chi connectivity index (χ1n) is 5.66. The average Bonchev–Trinajstić information content (AvgIpc) is 2.73. The van der Waals surface area contributed by atoms with E-state index < -0.39 is 0 Å². The molecule has 6 heteroatoms. The molecule has 1 amide bonds. The van der Waals surface area contributed by atoms with Gasteiger partial charge in [0.1, 0.15) is 16.0 Å². The van der Waals surface area contributed by atoms with Crippen molar-refractivity contribution in [2.24, 2.45) is 0 Å². The maximum Gasteiger partial charge on any atom is 0.265 e. The minimum Gasteiger partial charge on any atom is -0.389 e. The van der Waals surface area contributed by atoms with E-state index in [1.54, 1.807) is 11.1 Å². The highest BCUT2D eigenvalue weighted by molar-refractivity contribution is 7.13. The highest BCUT2D eigenvalue weighted by Gasteiger charge is 2.30.